The van der Waals surface area contributed by atoms with Crippen LogP contribution < -0.4 is 0 Å². The molecule has 0 saturated carbocycles. The summed E-state index contributed by atoms with van der Waals surface area (Å²) in [6.45, 7) is -1.43. The molecule has 3 nitrogen and oxygen atoms in total. The Hall–Kier alpha value is -2.55. The Morgan fingerprint density at radius 1 is 0.815 bits per heavy atom. The summed E-state index contributed by atoms with van der Waals surface area (Å²) in [4.78, 5) is 4.08. The Kier molecular flexibility index (Phi) is 4.90. The van der Waals surface area contributed by atoms with E-state index in [0.29, 0.717) is 15.3 Å². The van der Waals surface area contributed by atoms with Crippen molar-refractivity contribution in [3.63, 3.8) is 0 Å². The predicted molar refractivity (Wildman–Crippen MR) is 87.0 cm³/mol. The summed E-state index contributed by atoms with van der Waals surface area (Å²) >= 11 is 5.78. The average Bonchev–Trinajstić information content (AvgIpc) is 2.96. The van der Waals surface area contributed by atoms with E-state index in [1.807, 2.05) is 0 Å². The second-order valence-electron chi connectivity index (χ2n) is 5.61. The van der Waals surface area contributed by atoms with E-state index >= 15 is 0 Å². The number of aromatic nitrogens is 3. The molecule has 0 spiro atoms. The molecule has 0 aliphatic heterocycles. The molecule has 0 radical (unpaired) electrons. The molecule has 10 heteroatoms. The van der Waals surface area contributed by atoms with Gasteiger partial charge in [-0.2, -0.15) is 31.4 Å². The van der Waals surface area contributed by atoms with Crippen LogP contribution in [-0.2, 0) is 12.7 Å². The Bertz CT molecular complexity index is 927. The van der Waals surface area contributed by atoms with Gasteiger partial charge in [-0.05, 0) is 36.4 Å². The first-order valence-corrected chi connectivity index (χ1v) is 7.86. The average molecular weight is 406 g/mol. The molecule has 0 bridgehead atoms. The molecule has 0 atom stereocenters. The lowest BCUT2D eigenvalue weighted by Gasteiger charge is -2.10. The molecule has 27 heavy (non-hydrogen) atoms. The highest BCUT2D eigenvalue weighted by molar-refractivity contribution is 6.30. The lowest BCUT2D eigenvalue weighted by Crippen LogP contribution is -2.19. The minimum atomic E-state index is -4.58. The second-order valence-corrected chi connectivity index (χ2v) is 6.05. The monoisotopic (exact) mass is 405 g/mol. The van der Waals surface area contributed by atoms with Crippen LogP contribution in [0.15, 0.2) is 48.5 Å². The zero-order chi connectivity index (χ0) is 19.8. The van der Waals surface area contributed by atoms with Gasteiger partial charge in [0, 0.05) is 16.1 Å². The van der Waals surface area contributed by atoms with Crippen LogP contribution in [0.3, 0.4) is 0 Å². The molecule has 0 aliphatic carbocycles. The van der Waals surface area contributed by atoms with Gasteiger partial charge in [-0.15, -0.1) is 0 Å². The van der Waals surface area contributed by atoms with Crippen molar-refractivity contribution >= 4 is 11.6 Å². The summed E-state index contributed by atoms with van der Waals surface area (Å²) < 4.78 is 77.3. The van der Waals surface area contributed by atoms with Gasteiger partial charge in [0.15, 0.2) is 11.6 Å². The summed E-state index contributed by atoms with van der Waals surface area (Å²) in [6, 6.07) is 9.81. The molecule has 2 aromatic carbocycles. The first-order valence-electron chi connectivity index (χ1n) is 7.48. The van der Waals surface area contributed by atoms with Crippen LogP contribution >= 0.6 is 11.6 Å². The summed E-state index contributed by atoms with van der Waals surface area (Å²) in [7, 11) is 0. The van der Waals surface area contributed by atoms with Crippen LogP contribution in [0.5, 0.6) is 0 Å². The van der Waals surface area contributed by atoms with Gasteiger partial charge in [0.2, 0.25) is 0 Å². The fourth-order valence-corrected chi connectivity index (χ4v) is 2.49. The fraction of sp³-hybridized carbons (Fsp3) is 0.176. The van der Waals surface area contributed by atoms with E-state index in [-0.39, 0.29) is 17.2 Å². The van der Waals surface area contributed by atoms with Crippen molar-refractivity contribution in [2.75, 3.05) is 0 Å². The molecule has 0 fully saturated rings. The number of rotatable bonds is 3. The third kappa shape index (κ3) is 4.60. The van der Waals surface area contributed by atoms with Gasteiger partial charge in [-0.25, -0.2) is 9.67 Å². The van der Waals surface area contributed by atoms with Crippen molar-refractivity contribution in [1.29, 1.82) is 0 Å². The number of nitrogens with zero attached hydrogens (tertiary/aromatic N) is 3. The largest absolute Gasteiger partial charge is 0.416 e. The quantitative estimate of drug-likeness (QED) is 0.512. The number of hydrogen-bond donors (Lipinski definition) is 0. The molecule has 1 heterocycles. The van der Waals surface area contributed by atoms with Gasteiger partial charge in [0.25, 0.3) is 0 Å². The highest BCUT2D eigenvalue weighted by Gasteiger charge is 2.32. The highest BCUT2D eigenvalue weighted by Crippen LogP contribution is 2.32. The van der Waals surface area contributed by atoms with E-state index in [2.05, 4.69) is 10.1 Å². The first-order chi connectivity index (χ1) is 12.5. The SMILES string of the molecule is FC(F)(F)Cn1nc(-c2ccc(Cl)cc2)nc1-c1ccc(C(F)(F)F)cc1. The van der Waals surface area contributed by atoms with Crippen LogP contribution in [0.1, 0.15) is 5.56 Å². The van der Waals surface area contributed by atoms with Crippen LogP contribution in [0, 0.1) is 0 Å². The summed E-state index contributed by atoms with van der Waals surface area (Å²) in [5, 5.41) is 4.29. The second kappa shape index (κ2) is 6.88. The first kappa shape index (κ1) is 19.2. The van der Waals surface area contributed by atoms with Gasteiger partial charge in [0.1, 0.15) is 6.54 Å². The standard InChI is InChI=1S/C17H10ClF6N3/c18-13-7-3-10(4-8-13)14-25-15(27(26-14)9-16(19,20)21)11-1-5-12(6-2-11)17(22,23)24/h1-8H,9H2. The minimum Gasteiger partial charge on any atom is -0.236 e. The number of hydrogen-bond acceptors (Lipinski definition) is 2. The molecule has 1 aromatic heterocycles. The van der Waals surface area contributed by atoms with E-state index in [9.17, 15) is 26.3 Å². The Morgan fingerprint density at radius 2 is 1.37 bits per heavy atom. The van der Waals surface area contributed by atoms with Gasteiger partial charge >= 0.3 is 12.4 Å². The Morgan fingerprint density at radius 3 is 1.89 bits per heavy atom. The van der Waals surface area contributed by atoms with E-state index in [1.54, 1.807) is 0 Å². The molecule has 3 aromatic rings. The summed E-state index contributed by atoms with van der Waals surface area (Å²) in [5.74, 6) is -0.184. The van der Waals surface area contributed by atoms with Gasteiger partial charge in [-0.3, -0.25) is 0 Å². The fourth-order valence-electron chi connectivity index (χ4n) is 2.37. The highest BCUT2D eigenvalue weighted by atomic mass is 35.5. The molecule has 142 valence electrons. The van der Waals surface area contributed by atoms with Crippen LogP contribution in [0.4, 0.5) is 26.3 Å². The van der Waals surface area contributed by atoms with Crippen LogP contribution in [-0.4, -0.2) is 20.9 Å². The van der Waals surface area contributed by atoms with Crippen LogP contribution in [0.25, 0.3) is 22.8 Å². The molecule has 0 unspecified atom stereocenters. The smallest absolute Gasteiger partial charge is 0.236 e. The van der Waals surface area contributed by atoms with Crippen molar-refractivity contribution < 1.29 is 26.3 Å². The molecule has 3 rings (SSSR count). The number of halogens is 7. The zero-order valence-corrected chi connectivity index (χ0v) is 14.1. The Labute approximate surface area is 154 Å². The third-order valence-electron chi connectivity index (χ3n) is 3.57. The number of benzene rings is 2. The third-order valence-corrected chi connectivity index (χ3v) is 3.83. The van der Waals surface area contributed by atoms with E-state index < -0.39 is 24.5 Å². The minimum absolute atomic E-state index is 0.00538. The van der Waals surface area contributed by atoms with Gasteiger partial charge < -0.3 is 0 Å². The summed E-state index contributed by atoms with van der Waals surface area (Å²) in [5.41, 5.74) is -0.403. The Balaban J connectivity index is 2.05. The molecule has 0 amide bonds. The number of alkyl halides is 6. The molecule has 0 aliphatic rings. The molecular weight excluding hydrogens is 396 g/mol. The zero-order valence-electron chi connectivity index (χ0n) is 13.3. The lowest BCUT2D eigenvalue weighted by atomic mass is 10.1. The van der Waals surface area contributed by atoms with Crippen molar-refractivity contribution in [2.45, 2.75) is 18.9 Å². The van der Waals surface area contributed by atoms with E-state index in [0.717, 1.165) is 24.3 Å². The van der Waals surface area contributed by atoms with Crippen molar-refractivity contribution in [3.8, 4) is 22.8 Å². The van der Waals surface area contributed by atoms with Crippen molar-refractivity contribution in [1.82, 2.24) is 14.8 Å². The summed E-state index contributed by atoms with van der Waals surface area (Å²) in [6.07, 6.45) is -9.13. The van der Waals surface area contributed by atoms with E-state index in [1.165, 1.54) is 24.3 Å². The molecule has 0 saturated heterocycles. The van der Waals surface area contributed by atoms with Crippen molar-refractivity contribution in [2.24, 2.45) is 0 Å². The molecule has 0 N–H and O–H groups in total. The molecular formula is C17H10ClF6N3. The van der Waals surface area contributed by atoms with Gasteiger partial charge in [-0.1, -0.05) is 23.7 Å². The van der Waals surface area contributed by atoms with Crippen LogP contribution in [0.2, 0.25) is 5.02 Å². The lowest BCUT2D eigenvalue weighted by molar-refractivity contribution is -0.142. The normalized spacial score (nSPS) is 12.4. The van der Waals surface area contributed by atoms with E-state index in [4.69, 9.17) is 11.6 Å². The topological polar surface area (TPSA) is 30.7 Å². The van der Waals surface area contributed by atoms with Crippen molar-refractivity contribution in [3.05, 3.63) is 59.1 Å². The maximum Gasteiger partial charge on any atom is 0.416 e. The predicted octanol–water partition coefficient (Wildman–Crippen LogP) is 5.85. The maximum atomic E-state index is 12.9. The maximum absolute atomic E-state index is 12.9. The van der Waals surface area contributed by atoms with Gasteiger partial charge in [0.05, 0.1) is 5.56 Å².